The molecule has 0 radical (unpaired) electrons. The van der Waals surface area contributed by atoms with E-state index in [0.29, 0.717) is 5.92 Å². The summed E-state index contributed by atoms with van der Waals surface area (Å²) >= 11 is 0. The van der Waals surface area contributed by atoms with Crippen LogP contribution in [0.1, 0.15) is 73.9 Å². The van der Waals surface area contributed by atoms with Crippen LogP contribution in [-0.2, 0) is 0 Å². The van der Waals surface area contributed by atoms with E-state index in [1.54, 1.807) is 0 Å². The number of allylic oxidation sites excluding steroid dienone is 5. The van der Waals surface area contributed by atoms with Crippen molar-refractivity contribution in [3.8, 4) is 0 Å². The minimum atomic E-state index is -0.320. The minimum absolute atomic E-state index is 0.320. The number of nitrogens with zero attached hydrogens (tertiary/aromatic N) is 4. The topological polar surface area (TPSA) is 13.0 Å². The molecule has 0 heterocycles. The van der Waals surface area contributed by atoms with E-state index in [4.69, 9.17) is 0 Å². The normalized spacial score (nSPS) is 15.9. The molecule has 366 valence electrons. The van der Waals surface area contributed by atoms with Gasteiger partial charge in [0.25, 0.3) is 0 Å². The van der Waals surface area contributed by atoms with Crippen molar-refractivity contribution in [1.82, 2.24) is 0 Å². The molecule has 4 nitrogen and oxygen atoms in total. The molecular formula is C69H70N4. The van der Waals surface area contributed by atoms with Crippen LogP contribution >= 0.6 is 0 Å². The molecule has 2 unspecified atom stereocenters. The van der Waals surface area contributed by atoms with Crippen molar-refractivity contribution in [1.29, 1.82) is 0 Å². The maximum Gasteiger partial charge on any atom is 0.0643 e. The summed E-state index contributed by atoms with van der Waals surface area (Å²) < 4.78 is 0. The summed E-state index contributed by atoms with van der Waals surface area (Å²) in [4.78, 5) is 9.57. The van der Waals surface area contributed by atoms with Gasteiger partial charge in [-0.1, -0.05) is 152 Å². The van der Waals surface area contributed by atoms with E-state index < -0.39 is 0 Å². The maximum absolute atomic E-state index is 2.50. The molecule has 0 amide bonds. The van der Waals surface area contributed by atoms with E-state index in [-0.39, 0.29) is 5.54 Å². The molecule has 0 N–H and O–H groups in total. The number of aryl methyl sites for hydroxylation is 5. The molecule has 73 heavy (non-hydrogen) atoms. The van der Waals surface area contributed by atoms with E-state index >= 15 is 0 Å². The van der Waals surface area contributed by atoms with Crippen LogP contribution in [-0.4, -0.2) is 5.54 Å². The first-order valence-electron chi connectivity index (χ1n) is 26.1. The van der Waals surface area contributed by atoms with Gasteiger partial charge >= 0.3 is 0 Å². The average molecular weight is 955 g/mol. The standard InChI is InChI=1S/C67H64N4.C2H6/c1-48-8-22-56(23-9-48)68(57-24-10-49(2)11-25-57)62-36-38-63(39-37-62)70(60-30-16-52(5)17-31-60)61-34-20-54(21-35-61)55-44-46-67(7,47-45-55)71(65-32-18-53(6)19-33-65)66-42-40-64(41-43-66)69(58-26-12-50(3)13-27-58)59-28-14-51(4)15-29-59;1-2/h8-10,12-46,49H,11,47H2,1-7H3;1-2H3. The second-order valence-electron chi connectivity index (χ2n) is 19.9. The first kappa shape index (κ1) is 49.9. The zero-order valence-electron chi connectivity index (χ0n) is 44.2. The van der Waals surface area contributed by atoms with Crippen LogP contribution < -0.4 is 19.6 Å². The van der Waals surface area contributed by atoms with Gasteiger partial charge in [0.2, 0.25) is 0 Å². The Labute approximate surface area is 436 Å². The van der Waals surface area contributed by atoms with Crippen molar-refractivity contribution in [3.63, 3.8) is 0 Å². The highest BCUT2D eigenvalue weighted by atomic mass is 15.2. The Bertz CT molecular complexity index is 3170. The van der Waals surface area contributed by atoms with Gasteiger partial charge in [0.15, 0.2) is 0 Å². The largest absolute Gasteiger partial charge is 0.332 e. The van der Waals surface area contributed by atoms with Gasteiger partial charge in [-0.05, 0) is 199 Å². The molecule has 0 spiro atoms. The lowest BCUT2D eigenvalue weighted by Crippen LogP contribution is -2.42. The maximum atomic E-state index is 2.50. The van der Waals surface area contributed by atoms with Crippen molar-refractivity contribution in [2.45, 2.75) is 80.7 Å². The van der Waals surface area contributed by atoms with E-state index in [0.717, 1.165) is 69.7 Å². The lowest BCUT2D eigenvalue weighted by molar-refractivity contribution is 0.571. The second-order valence-corrected chi connectivity index (χ2v) is 19.9. The molecule has 8 aromatic rings. The van der Waals surface area contributed by atoms with Crippen LogP contribution in [0.5, 0.6) is 0 Å². The quantitative estimate of drug-likeness (QED) is 0.114. The van der Waals surface area contributed by atoms with Gasteiger partial charge in [-0.3, -0.25) is 0 Å². The van der Waals surface area contributed by atoms with Crippen LogP contribution in [0, 0.1) is 40.5 Å². The zero-order valence-corrected chi connectivity index (χ0v) is 44.2. The van der Waals surface area contributed by atoms with Crippen LogP contribution in [0.4, 0.5) is 56.9 Å². The summed E-state index contributed by atoms with van der Waals surface area (Å²) in [5, 5.41) is 0. The first-order valence-corrected chi connectivity index (χ1v) is 26.1. The van der Waals surface area contributed by atoms with Crippen LogP contribution in [0.2, 0.25) is 0 Å². The predicted molar refractivity (Wildman–Crippen MR) is 316 cm³/mol. The third-order valence-corrected chi connectivity index (χ3v) is 14.1. The number of rotatable bonds is 13. The highest BCUT2D eigenvalue weighted by Crippen LogP contribution is 2.44. The third-order valence-electron chi connectivity index (χ3n) is 14.1. The Hall–Kier alpha value is -8.08. The Balaban J connectivity index is 0.00000324. The van der Waals surface area contributed by atoms with Gasteiger partial charge in [-0.25, -0.2) is 0 Å². The molecule has 0 bridgehead atoms. The summed E-state index contributed by atoms with van der Waals surface area (Å²) in [6.45, 7) is 19.3. The molecule has 0 aromatic heterocycles. The molecule has 0 aliphatic heterocycles. The number of benzene rings is 8. The van der Waals surface area contributed by atoms with E-state index in [2.05, 4.69) is 299 Å². The van der Waals surface area contributed by atoms with Gasteiger partial charge in [-0.2, -0.15) is 0 Å². The molecule has 4 heteroatoms. The molecule has 0 saturated carbocycles. The molecule has 0 fully saturated rings. The van der Waals surface area contributed by atoms with Gasteiger partial charge < -0.3 is 19.6 Å². The molecule has 2 atom stereocenters. The fraction of sp³-hybridized carbons (Fsp3) is 0.188. The molecule has 2 aliphatic carbocycles. The SMILES string of the molecule is CC.Cc1ccc(N(C2=CCC(C)C=C2)c2ccc(N(c3ccc(C)cc3)c3ccc(C4=CCC(C)(N(c5ccc(C)cc5)c5ccc(N(c6ccc(C)cc6)c6ccc(C)cc6)cc5)C=C4)cc3)cc2)cc1. The van der Waals surface area contributed by atoms with Gasteiger partial charge in [0.05, 0.1) is 5.54 Å². The lowest BCUT2D eigenvalue weighted by atomic mass is 9.85. The van der Waals surface area contributed by atoms with E-state index in [1.165, 1.54) is 44.7 Å². The monoisotopic (exact) mass is 955 g/mol. The van der Waals surface area contributed by atoms with E-state index in [1.807, 2.05) is 13.8 Å². The second kappa shape index (κ2) is 22.1. The van der Waals surface area contributed by atoms with Crippen LogP contribution in [0.25, 0.3) is 5.57 Å². The Morgan fingerprint density at radius 1 is 0.370 bits per heavy atom. The molecule has 8 aromatic carbocycles. The summed E-state index contributed by atoms with van der Waals surface area (Å²) in [5.41, 5.74) is 20.8. The number of anilines is 10. The predicted octanol–water partition coefficient (Wildman–Crippen LogP) is 19.8. The van der Waals surface area contributed by atoms with Crippen molar-refractivity contribution in [2.75, 3.05) is 19.6 Å². The number of hydrogen-bond donors (Lipinski definition) is 0. The summed E-state index contributed by atoms with van der Waals surface area (Å²) in [6.07, 6.45) is 15.9. The van der Waals surface area contributed by atoms with Crippen molar-refractivity contribution in [2.24, 2.45) is 5.92 Å². The van der Waals surface area contributed by atoms with Gasteiger partial charge in [0, 0.05) is 62.6 Å². The third kappa shape index (κ3) is 11.2. The highest BCUT2D eigenvalue weighted by molar-refractivity contribution is 5.84. The molecular weight excluding hydrogens is 885 g/mol. The molecule has 0 saturated heterocycles. The molecule has 2 aliphatic rings. The van der Waals surface area contributed by atoms with Crippen LogP contribution in [0.15, 0.2) is 236 Å². The lowest BCUT2D eigenvalue weighted by Gasteiger charge is -2.42. The Morgan fingerprint density at radius 3 is 0.986 bits per heavy atom. The summed E-state index contributed by atoms with van der Waals surface area (Å²) in [5.74, 6) is 0.539. The van der Waals surface area contributed by atoms with Gasteiger partial charge in [-0.15, -0.1) is 0 Å². The van der Waals surface area contributed by atoms with Crippen LogP contribution in [0.3, 0.4) is 0 Å². The average Bonchev–Trinajstić information content (AvgIpc) is 3.42. The molecule has 10 rings (SSSR count). The van der Waals surface area contributed by atoms with Gasteiger partial charge in [0.1, 0.15) is 0 Å². The van der Waals surface area contributed by atoms with Crippen molar-refractivity contribution >= 4 is 62.4 Å². The van der Waals surface area contributed by atoms with E-state index in [9.17, 15) is 0 Å². The highest BCUT2D eigenvalue weighted by Gasteiger charge is 2.32. The van der Waals surface area contributed by atoms with Crippen molar-refractivity contribution in [3.05, 3.63) is 270 Å². The Kier molecular flexibility index (Phi) is 15.1. The van der Waals surface area contributed by atoms with Crippen molar-refractivity contribution < 1.29 is 0 Å². The zero-order chi connectivity index (χ0) is 51.1. The Morgan fingerprint density at radius 2 is 0.671 bits per heavy atom. The smallest absolute Gasteiger partial charge is 0.0643 e. The summed E-state index contributed by atoms with van der Waals surface area (Å²) in [6, 6.07) is 71.4. The summed E-state index contributed by atoms with van der Waals surface area (Å²) in [7, 11) is 0. The number of hydrogen-bond acceptors (Lipinski definition) is 4. The fourth-order valence-corrected chi connectivity index (χ4v) is 9.84. The minimum Gasteiger partial charge on any atom is -0.332 e. The fourth-order valence-electron chi connectivity index (χ4n) is 9.84. The first-order chi connectivity index (χ1) is 35.5.